The maximum absolute atomic E-state index is 13.4. The van der Waals surface area contributed by atoms with Crippen LogP contribution >= 0.6 is 0 Å². The summed E-state index contributed by atoms with van der Waals surface area (Å²) in [6.45, 7) is 2.52. The third-order valence-electron chi connectivity index (χ3n) is 2.13. The van der Waals surface area contributed by atoms with E-state index >= 15 is 0 Å². The summed E-state index contributed by atoms with van der Waals surface area (Å²) in [5, 5.41) is 3.00. The van der Waals surface area contributed by atoms with Crippen LogP contribution in [0.4, 0.5) is 17.6 Å². The maximum atomic E-state index is 13.4. The van der Waals surface area contributed by atoms with Gasteiger partial charge in [-0.2, -0.15) is 13.2 Å². The van der Waals surface area contributed by atoms with Crippen LogP contribution in [0.15, 0.2) is 18.2 Å². The second-order valence-electron chi connectivity index (χ2n) is 4.17. The van der Waals surface area contributed by atoms with Gasteiger partial charge in [0.05, 0.1) is 0 Å². The Hall–Kier alpha value is -1.30. The fourth-order valence-electron chi connectivity index (χ4n) is 1.32. The van der Waals surface area contributed by atoms with E-state index < -0.39 is 18.6 Å². The zero-order chi connectivity index (χ0) is 13.8. The molecule has 0 aliphatic heterocycles. The summed E-state index contributed by atoms with van der Waals surface area (Å²) >= 11 is 0. The Morgan fingerprint density at radius 1 is 1.28 bits per heavy atom. The highest BCUT2D eigenvalue weighted by Gasteiger charge is 2.29. The number of rotatable bonds is 5. The Kier molecular flexibility index (Phi) is 4.95. The first-order valence-electron chi connectivity index (χ1n) is 5.50. The number of benzene rings is 1. The summed E-state index contributed by atoms with van der Waals surface area (Å²) in [6.07, 6.45) is -4.48. The Balaban J connectivity index is 2.80. The molecule has 0 heterocycles. The number of ether oxygens (including phenoxy) is 1. The number of nitrogens with one attached hydrogen (secondary N) is 1. The van der Waals surface area contributed by atoms with Crippen molar-refractivity contribution >= 4 is 0 Å². The number of hydrogen-bond acceptors (Lipinski definition) is 2. The van der Waals surface area contributed by atoms with E-state index in [1.807, 2.05) is 13.8 Å². The molecule has 18 heavy (non-hydrogen) atoms. The van der Waals surface area contributed by atoms with Gasteiger partial charge in [-0.3, -0.25) is 0 Å². The lowest BCUT2D eigenvalue weighted by molar-refractivity contribution is -0.153. The van der Waals surface area contributed by atoms with Crippen molar-refractivity contribution in [2.45, 2.75) is 32.6 Å². The lowest BCUT2D eigenvalue weighted by Gasteiger charge is -2.15. The van der Waals surface area contributed by atoms with Crippen LogP contribution in [0.5, 0.6) is 5.75 Å². The first-order chi connectivity index (χ1) is 8.29. The van der Waals surface area contributed by atoms with Crippen molar-refractivity contribution in [3.8, 4) is 5.75 Å². The average molecular weight is 265 g/mol. The molecule has 0 aliphatic rings. The van der Waals surface area contributed by atoms with Gasteiger partial charge in [-0.15, -0.1) is 0 Å². The van der Waals surface area contributed by atoms with Crippen LogP contribution < -0.4 is 10.1 Å². The molecule has 0 atom stereocenters. The third kappa shape index (κ3) is 4.91. The summed E-state index contributed by atoms with van der Waals surface area (Å²) in [6, 6.07) is 4.19. The Morgan fingerprint density at radius 2 is 1.94 bits per heavy atom. The van der Waals surface area contributed by atoms with Gasteiger partial charge in [0.25, 0.3) is 0 Å². The van der Waals surface area contributed by atoms with E-state index in [9.17, 15) is 17.6 Å². The molecule has 0 spiro atoms. The van der Waals surface area contributed by atoms with Gasteiger partial charge in [0.2, 0.25) is 0 Å². The van der Waals surface area contributed by atoms with E-state index in [-0.39, 0.29) is 18.3 Å². The minimum atomic E-state index is -4.48. The van der Waals surface area contributed by atoms with E-state index in [2.05, 4.69) is 10.1 Å². The molecule has 0 aromatic heterocycles. The molecule has 1 rings (SSSR count). The average Bonchev–Trinajstić information content (AvgIpc) is 2.23. The molecule has 1 N–H and O–H groups in total. The zero-order valence-electron chi connectivity index (χ0n) is 10.1. The number of halogens is 4. The van der Waals surface area contributed by atoms with Crippen LogP contribution in [0.3, 0.4) is 0 Å². The molecule has 0 saturated carbocycles. The summed E-state index contributed by atoms with van der Waals surface area (Å²) in [5.74, 6) is -1.13. The first kappa shape index (κ1) is 14.8. The normalized spacial score (nSPS) is 11.9. The predicted molar refractivity (Wildman–Crippen MR) is 59.9 cm³/mol. The largest absolute Gasteiger partial charge is 0.481 e. The van der Waals surface area contributed by atoms with Crippen molar-refractivity contribution in [3.63, 3.8) is 0 Å². The lowest BCUT2D eigenvalue weighted by atomic mass is 10.2. The van der Waals surface area contributed by atoms with Gasteiger partial charge < -0.3 is 10.1 Å². The fraction of sp³-hybridized carbons (Fsp3) is 0.500. The highest BCUT2D eigenvalue weighted by Crippen LogP contribution is 2.25. The molecule has 1 aromatic rings. The maximum Gasteiger partial charge on any atom is 0.422 e. The molecule has 0 amide bonds. The molecule has 1 aromatic carbocycles. The molecular weight excluding hydrogens is 250 g/mol. The molecule has 2 nitrogen and oxygen atoms in total. The van der Waals surface area contributed by atoms with Crippen LogP contribution in [0.2, 0.25) is 0 Å². The van der Waals surface area contributed by atoms with E-state index in [4.69, 9.17) is 0 Å². The summed E-state index contributed by atoms with van der Waals surface area (Å²) in [5.41, 5.74) is 0.368. The monoisotopic (exact) mass is 265 g/mol. The van der Waals surface area contributed by atoms with Gasteiger partial charge in [0.1, 0.15) is 0 Å². The number of hydrogen-bond donors (Lipinski definition) is 1. The second kappa shape index (κ2) is 6.04. The topological polar surface area (TPSA) is 21.3 Å². The van der Waals surface area contributed by atoms with Gasteiger partial charge >= 0.3 is 6.18 Å². The standard InChI is InChI=1S/C12H15F4NO/c1-8(2)17-6-9-4-3-5-10(13)11(9)18-7-12(14,15)16/h3-5,8,17H,6-7H2,1-2H3. The van der Waals surface area contributed by atoms with Crippen molar-refractivity contribution in [2.75, 3.05) is 6.61 Å². The highest BCUT2D eigenvalue weighted by molar-refractivity contribution is 5.35. The smallest absolute Gasteiger partial charge is 0.422 e. The number of alkyl halides is 3. The van der Waals surface area contributed by atoms with Gasteiger partial charge in [0, 0.05) is 18.2 Å². The van der Waals surface area contributed by atoms with Crippen molar-refractivity contribution in [3.05, 3.63) is 29.6 Å². The summed E-state index contributed by atoms with van der Waals surface area (Å²) in [4.78, 5) is 0. The van der Waals surface area contributed by atoms with Crippen molar-refractivity contribution in [2.24, 2.45) is 0 Å². The van der Waals surface area contributed by atoms with Gasteiger partial charge in [0.15, 0.2) is 18.2 Å². The molecule has 0 radical (unpaired) electrons. The predicted octanol–water partition coefficient (Wildman–Crippen LogP) is 3.26. The van der Waals surface area contributed by atoms with E-state index in [1.54, 1.807) is 0 Å². The summed E-state index contributed by atoms with van der Waals surface area (Å²) in [7, 11) is 0. The van der Waals surface area contributed by atoms with Crippen molar-refractivity contribution in [1.82, 2.24) is 5.32 Å². The van der Waals surface area contributed by atoms with E-state index in [0.29, 0.717) is 5.56 Å². The SMILES string of the molecule is CC(C)NCc1cccc(F)c1OCC(F)(F)F. The molecule has 102 valence electrons. The van der Waals surface area contributed by atoms with Crippen LogP contribution in [-0.4, -0.2) is 18.8 Å². The van der Waals surface area contributed by atoms with Gasteiger partial charge in [-0.1, -0.05) is 26.0 Å². The van der Waals surface area contributed by atoms with E-state index in [1.165, 1.54) is 12.1 Å². The minimum Gasteiger partial charge on any atom is -0.481 e. The minimum absolute atomic E-state index is 0.142. The Labute approximate surface area is 103 Å². The van der Waals surface area contributed by atoms with Crippen molar-refractivity contribution in [1.29, 1.82) is 0 Å². The highest BCUT2D eigenvalue weighted by atomic mass is 19.4. The van der Waals surface area contributed by atoms with Gasteiger partial charge in [-0.05, 0) is 6.07 Å². The molecule has 0 fully saturated rings. The van der Waals surface area contributed by atoms with E-state index in [0.717, 1.165) is 6.07 Å². The lowest BCUT2D eigenvalue weighted by Crippen LogP contribution is -2.24. The molecule has 0 unspecified atom stereocenters. The fourth-order valence-corrected chi connectivity index (χ4v) is 1.32. The Morgan fingerprint density at radius 3 is 2.50 bits per heavy atom. The molecular formula is C12H15F4NO. The van der Waals surface area contributed by atoms with Crippen LogP contribution in [0, 0.1) is 5.82 Å². The molecule has 0 bridgehead atoms. The third-order valence-corrected chi connectivity index (χ3v) is 2.13. The Bertz CT molecular complexity index is 390. The van der Waals surface area contributed by atoms with Crippen molar-refractivity contribution < 1.29 is 22.3 Å². The van der Waals surface area contributed by atoms with Crippen LogP contribution in [0.25, 0.3) is 0 Å². The second-order valence-corrected chi connectivity index (χ2v) is 4.17. The summed E-state index contributed by atoms with van der Waals surface area (Å²) < 4.78 is 54.1. The quantitative estimate of drug-likeness (QED) is 0.825. The van der Waals surface area contributed by atoms with Crippen LogP contribution in [0.1, 0.15) is 19.4 Å². The first-order valence-corrected chi connectivity index (χ1v) is 5.50. The van der Waals surface area contributed by atoms with Gasteiger partial charge in [-0.25, -0.2) is 4.39 Å². The number of para-hydroxylation sites is 1. The zero-order valence-corrected chi connectivity index (χ0v) is 10.1. The molecule has 6 heteroatoms. The molecule has 0 aliphatic carbocycles. The molecule has 0 saturated heterocycles. The van der Waals surface area contributed by atoms with Crippen LogP contribution in [-0.2, 0) is 6.54 Å².